The Balaban J connectivity index is 1.91. The van der Waals surface area contributed by atoms with Gasteiger partial charge in [0.05, 0.1) is 23.8 Å². The highest BCUT2D eigenvalue weighted by atomic mass is 35.5. The van der Waals surface area contributed by atoms with Crippen LogP contribution in [-0.2, 0) is 4.79 Å². The van der Waals surface area contributed by atoms with Gasteiger partial charge in [-0.2, -0.15) is 13.2 Å². The molecule has 1 aromatic heterocycles. The van der Waals surface area contributed by atoms with E-state index in [4.69, 9.17) is 16.0 Å². The second-order valence-corrected chi connectivity index (χ2v) is 8.06. The topological polar surface area (TPSA) is 36.7 Å². The lowest BCUT2D eigenvalue weighted by Crippen LogP contribution is -2.36. The van der Waals surface area contributed by atoms with E-state index >= 15 is 0 Å². The summed E-state index contributed by atoms with van der Waals surface area (Å²) in [6, 6.07) is 1.54. The monoisotopic (exact) mass is 476 g/mol. The lowest BCUT2D eigenvalue weighted by atomic mass is 9.99. The lowest BCUT2D eigenvalue weighted by molar-refractivity contribution is -0.126. The van der Waals surface area contributed by atoms with Crippen LogP contribution in [0.2, 0.25) is 0 Å². The fourth-order valence-electron chi connectivity index (χ4n) is 3.63. The van der Waals surface area contributed by atoms with Crippen LogP contribution in [0.25, 0.3) is 5.57 Å². The first-order chi connectivity index (χ1) is 15.5. The first-order valence-electron chi connectivity index (χ1n) is 10.2. The summed E-state index contributed by atoms with van der Waals surface area (Å²) in [5.74, 6) is -0.352. The molecule has 0 bridgehead atoms. The van der Waals surface area contributed by atoms with Gasteiger partial charge in [0.2, 0.25) is 0 Å². The molecule has 0 N–H and O–H groups in total. The fraction of sp³-hybridized carbons (Fsp3) is 0.240. The molecule has 2 aliphatic heterocycles. The van der Waals surface area contributed by atoms with Gasteiger partial charge in [0.1, 0.15) is 5.16 Å². The summed E-state index contributed by atoms with van der Waals surface area (Å²) in [4.78, 5) is 15.8. The van der Waals surface area contributed by atoms with Gasteiger partial charge in [-0.15, -0.1) is 0 Å². The molecular weight excluding hydrogens is 453 g/mol. The minimum Gasteiger partial charge on any atom is -0.472 e. The average molecular weight is 477 g/mol. The van der Waals surface area contributed by atoms with Crippen molar-refractivity contribution in [2.45, 2.75) is 26.4 Å². The third-order valence-corrected chi connectivity index (χ3v) is 6.01. The van der Waals surface area contributed by atoms with Gasteiger partial charge in [-0.1, -0.05) is 43.0 Å². The molecule has 1 aromatic rings. The number of hydrogen-bond donors (Lipinski definition) is 0. The van der Waals surface area contributed by atoms with Gasteiger partial charge < -0.3 is 14.2 Å². The van der Waals surface area contributed by atoms with Crippen LogP contribution in [0.3, 0.4) is 0 Å². The number of furan rings is 1. The number of alkyl halides is 3. The van der Waals surface area contributed by atoms with E-state index in [1.807, 2.05) is 19.1 Å². The predicted octanol–water partition coefficient (Wildman–Crippen LogP) is 6.70. The maximum Gasteiger partial charge on any atom is 0.418 e. The molecule has 3 heterocycles. The summed E-state index contributed by atoms with van der Waals surface area (Å²) in [6.45, 7) is 11.6. The Morgan fingerprint density at radius 2 is 2.03 bits per heavy atom. The largest absolute Gasteiger partial charge is 0.472 e. The van der Waals surface area contributed by atoms with Crippen molar-refractivity contribution in [2.24, 2.45) is 0 Å². The molecule has 0 fully saturated rings. The summed E-state index contributed by atoms with van der Waals surface area (Å²) in [5, 5.41) is -0.140. The van der Waals surface area contributed by atoms with Crippen LogP contribution in [0, 0.1) is 0 Å². The third-order valence-electron chi connectivity index (χ3n) is 5.54. The molecule has 174 valence electrons. The molecule has 33 heavy (non-hydrogen) atoms. The molecule has 0 saturated carbocycles. The van der Waals surface area contributed by atoms with E-state index in [-0.39, 0.29) is 27.9 Å². The van der Waals surface area contributed by atoms with Crippen LogP contribution >= 0.6 is 11.6 Å². The Hall–Kier alpha value is -3.19. The number of hydrogen-bond acceptors (Lipinski definition) is 3. The molecule has 3 rings (SSSR count). The summed E-state index contributed by atoms with van der Waals surface area (Å²) >= 11 is 6.48. The van der Waals surface area contributed by atoms with Crippen molar-refractivity contribution in [2.75, 3.05) is 13.1 Å². The molecule has 0 spiro atoms. The Morgan fingerprint density at radius 3 is 2.58 bits per heavy atom. The zero-order valence-corrected chi connectivity index (χ0v) is 19.1. The maximum atomic E-state index is 13.7. The molecule has 2 aliphatic rings. The van der Waals surface area contributed by atoms with E-state index in [9.17, 15) is 18.0 Å². The second-order valence-electron chi connectivity index (χ2n) is 7.70. The smallest absolute Gasteiger partial charge is 0.418 e. The van der Waals surface area contributed by atoms with Crippen LogP contribution < -0.4 is 0 Å². The molecule has 1 amide bonds. The van der Waals surface area contributed by atoms with Gasteiger partial charge in [-0.05, 0) is 43.6 Å². The first-order valence-corrected chi connectivity index (χ1v) is 10.6. The normalized spacial score (nSPS) is 18.4. The molecule has 0 unspecified atom stereocenters. The zero-order chi connectivity index (χ0) is 24.3. The number of carbonyl (C=O) groups excluding carboxylic acids is 1. The van der Waals surface area contributed by atoms with E-state index in [1.165, 1.54) is 25.7 Å². The van der Waals surface area contributed by atoms with E-state index in [2.05, 4.69) is 13.2 Å². The third kappa shape index (κ3) is 5.25. The number of nitrogens with zero attached hydrogens (tertiary/aromatic N) is 2. The molecule has 8 heteroatoms. The van der Waals surface area contributed by atoms with Crippen LogP contribution in [0.15, 0.2) is 99.8 Å². The molecule has 0 radical (unpaired) electrons. The highest BCUT2D eigenvalue weighted by Gasteiger charge is 2.40. The predicted molar refractivity (Wildman–Crippen MR) is 124 cm³/mol. The van der Waals surface area contributed by atoms with E-state index < -0.39 is 11.7 Å². The van der Waals surface area contributed by atoms with Crippen molar-refractivity contribution in [1.82, 2.24) is 9.80 Å². The van der Waals surface area contributed by atoms with E-state index in [0.717, 1.165) is 22.1 Å². The van der Waals surface area contributed by atoms with Crippen LogP contribution in [0.5, 0.6) is 0 Å². The van der Waals surface area contributed by atoms with Gasteiger partial charge in [-0.25, -0.2) is 0 Å². The quantitative estimate of drug-likeness (QED) is 0.269. The van der Waals surface area contributed by atoms with Crippen molar-refractivity contribution in [3.63, 3.8) is 0 Å². The number of amides is 1. The van der Waals surface area contributed by atoms with Crippen LogP contribution in [0.1, 0.15) is 25.8 Å². The van der Waals surface area contributed by atoms with Crippen molar-refractivity contribution in [3.05, 3.63) is 101 Å². The number of halogens is 4. The van der Waals surface area contributed by atoms with Crippen molar-refractivity contribution < 1.29 is 22.4 Å². The Labute approximate surface area is 196 Å². The SMILES string of the molecule is C=C/C=C(\C)C1=CCN(C(=O)/C(C)=C(\Cl)N2C=C(c3ccoc3)C=C(C(F)(F)F)C2=C)CC1. The summed E-state index contributed by atoms with van der Waals surface area (Å²) in [6.07, 6.45) is 6.68. The van der Waals surface area contributed by atoms with E-state index in [1.54, 1.807) is 17.0 Å². The van der Waals surface area contributed by atoms with Crippen molar-refractivity contribution >= 4 is 23.1 Å². The average Bonchev–Trinajstić information content (AvgIpc) is 3.32. The maximum absolute atomic E-state index is 13.7. The van der Waals surface area contributed by atoms with Gasteiger partial charge in [0.15, 0.2) is 0 Å². The summed E-state index contributed by atoms with van der Waals surface area (Å²) in [7, 11) is 0. The molecular formula is C25H24ClF3N2O2. The lowest BCUT2D eigenvalue weighted by Gasteiger charge is -2.32. The fourth-order valence-corrected chi connectivity index (χ4v) is 3.86. The first kappa shape index (κ1) is 24.5. The summed E-state index contributed by atoms with van der Waals surface area (Å²) < 4.78 is 46.1. The minimum atomic E-state index is -4.65. The standard InChI is InChI=1S/C25H24ClF3N2O2/c1-5-6-16(2)19-7-10-30(11-8-19)24(32)17(3)23(26)31-14-21(20-9-12-33-15-20)13-22(18(31)4)25(27,28)29/h5-7,9,12-15H,1,4,8,10-11H2,2-3H3/b16-6+,23-17+. The Morgan fingerprint density at radius 1 is 1.30 bits per heavy atom. The zero-order valence-electron chi connectivity index (χ0n) is 18.4. The molecule has 4 nitrogen and oxygen atoms in total. The van der Waals surface area contributed by atoms with Gasteiger partial charge in [0, 0.05) is 36.0 Å². The molecule has 0 aromatic carbocycles. The molecule has 0 atom stereocenters. The second kappa shape index (κ2) is 9.75. The van der Waals surface area contributed by atoms with Crippen LogP contribution in [0.4, 0.5) is 13.2 Å². The Kier molecular flexibility index (Phi) is 7.22. The van der Waals surface area contributed by atoms with Gasteiger partial charge in [-0.3, -0.25) is 4.79 Å². The Bertz CT molecular complexity index is 1120. The van der Waals surface area contributed by atoms with E-state index in [0.29, 0.717) is 25.1 Å². The van der Waals surface area contributed by atoms with Gasteiger partial charge in [0.25, 0.3) is 5.91 Å². The van der Waals surface area contributed by atoms with Crippen LogP contribution in [-0.4, -0.2) is 35.0 Å². The van der Waals surface area contributed by atoms with Gasteiger partial charge >= 0.3 is 6.18 Å². The molecule has 0 saturated heterocycles. The minimum absolute atomic E-state index is 0.124. The summed E-state index contributed by atoms with van der Waals surface area (Å²) in [5.41, 5.74) is 1.70. The molecule has 0 aliphatic carbocycles. The van der Waals surface area contributed by atoms with Crippen molar-refractivity contribution in [1.29, 1.82) is 0 Å². The van der Waals surface area contributed by atoms with Crippen molar-refractivity contribution in [3.8, 4) is 0 Å². The highest BCUT2D eigenvalue weighted by Crippen LogP contribution is 2.41. The number of rotatable bonds is 5. The highest BCUT2D eigenvalue weighted by molar-refractivity contribution is 6.31. The number of allylic oxidation sites excluding steroid dienone is 6. The number of carbonyl (C=O) groups is 1.